The van der Waals surface area contributed by atoms with Gasteiger partial charge >= 0.3 is 0 Å². The highest BCUT2D eigenvalue weighted by atomic mass is 16.3. The number of aryl methyl sites for hydroxylation is 2. The zero-order valence-electron chi connectivity index (χ0n) is 18.4. The molecule has 2 N–H and O–H groups in total. The van der Waals surface area contributed by atoms with Crippen LogP contribution in [-0.4, -0.2) is 45.2 Å². The van der Waals surface area contributed by atoms with Gasteiger partial charge in [-0.3, -0.25) is 0 Å². The predicted molar refractivity (Wildman–Crippen MR) is 125 cm³/mol. The molecule has 32 heavy (non-hydrogen) atoms. The van der Waals surface area contributed by atoms with E-state index in [1.807, 2.05) is 31.2 Å². The molecule has 4 heterocycles. The summed E-state index contributed by atoms with van der Waals surface area (Å²) in [6.45, 7) is 5.68. The Labute approximate surface area is 186 Å². The highest BCUT2D eigenvalue weighted by Gasteiger charge is 2.27. The SMILES string of the molecule is Cc1nc2c(C)c(O)c(-c3ccc4nc(N5CC[C@@H](NC6CCC6)C5)ccc4n3)cc2o1. The van der Waals surface area contributed by atoms with E-state index in [4.69, 9.17) is 14.4 Å². The molecule has 4 aromatic rings. The van der Waals surface area contributed by atoms with E-state index in [0.29, 0.717) is 45.9 Å². The van der Waals surface area contributed by atoms with Gasteiger partial charge in [0.2, 0.25) is 0 Å². The van der Waals surface area contributed by atoms with Crippen LogP contribution >= 0.6 is 0 Å². The third kappa shape index (κ3) is 3.28. The molecule has 7 heteroatoms. The average Bonchev–Trinajstić information content (AvgIpc) is 3.39. The molecule has 1 aliphatic carbocycles. The van der Waals surface area contributed by atoms with Crippen molar-refractivity contribution in [2.24, 2.45) is 0 Å². The molecule has 0 radical (unpaired) electrons. The van der Waals surface area contributed by atoms with Crippen molar-refractivity contribution in [3.8, 4) is 17.0 Å². The van der Waals surface area contributed by atoms with Gasteiger partial charge < -0.3 is 19.7 Å². The number of benzene rings is 1. The number of fused-ring (bicyclic) bond motifs is 2. The van der Waals surface area contributed by atoms with Crippen LogP contribution in [0.1, 0.15) is 37.1 Å². The van der Waals surface area contributed by atoms with E-state index in [1.165, 1.54) is 19.3 Å². The second-order valence-corrected chi connectivity index (χ2v) is 9.11. The lowest BCUT2D eigenvalue weighted by molar-refractivity contribution is 0.311. The lowest BCUT2D eigenvalue weighted by Gasteiger charge is -2.30. The first kappa shape index (κ1) is 19.5. The topological polar surface area (TPSA) is 87.3 Å². The molecule has 7 nitrogen and oxygen atoms in total. The number of anilines is 1. The monoisotopic (exact) mass is 429 g/mol. The Morgan fingerprint density at radius 3 is 2.62 bits per heavy atom. The Bertz CT molecular complexity index is 1330. The minimum absolute atomic E-state index is 0.185. The van der Waals surface area contributed by atoms with Gasteiger partial charge in [0.05, 0.1) is 16.7 Å². The van der Waals surface area contributed by atoms with Gasteiger partial charge in [0.1, 0.15) is 17.1 Å². The van der Waals surface area contributed by atoms with Crippen molar-refractivity contribution in [3.05, 3.63) is 41.8 Å². The maximum atomic E-state index is 10.8. The van der Waals surface area contributed by atoms with Crippen LogP contribution in [-0.2, 0) is 0 Å². The first-order valence-corrected chi connectivity index (χ1v) is 11.4. The summed E-state index contributed by atoms with van der Waals surface area (Å²) in [4.78, 5) is 16.4. The van der Waals surface area contributed by atoms with Crippen LogP contribution in [0.3, 0.4) is 0 Å². The van der Waals surface area contributed by atoms with E-state index in [9.17, 15) is 5.11 Å². The highest BCUT2D eigenvalue weighted by Crippen LogP contribution is 2.37. The molecule has 0 amide bonds. The number of nitrogens with zero attached hydrogens (tertiary/aromatic N) is 4. The first-order chi connectivity index (χ1) is 15.5. The molecule has 1 saturated heterocycles. The van der Waals surface area contributed by atoms with E-state index in [-0.39, 0.29) is 5.75 Å². The molecule has 3 aromatic heterocycles. The summed E-state index contributed by atoms with van der Waals surface area (Å²) in [5.74, 6) is 1.77. The molecular weight excluding hydrogens is 402 g/mol. The highest BCUT2D eigenvalue weighted by molar-refractivity contribution is 5.89. The normalized spacial score (nSPS) is 19.2. The largest absolute Gasteiger partial charge is 0.507 e. The molecular formula is C25H27N5O2. The van der Waals surface area contributed by atoms with Crippen molar-refractivity contribution in [3.63, 3.8) is 0 Å². The predicted octanol–water partition coefficient (Wildman–Crippen LogP) is 4.48. The molecule has 1 atom stereocenters. The fraction of sp³-hybridized carbons (Fsp3) is 0.400. The molecule has 0 spiro atoms. The Morgan fingerprint density at radius 1 is 1.00 bits per heavy atom. The van der Waals surface area contributed by atoms with Crippen LogP contribution in [0.15, 0.2) is 34.7 Å². The van der Waals surface area contributed by atoms with Crippen LogP contribution in [0.5, 0.6) is 5.75 Å². The zero-order valence-corrected chi connectivity index (χ0v) is 18.4. The number of aromatic hydroxyl groups is 1. The molecule has 164 valence electrons. The minimum Gasteiger partial charge on any atom is -0.507 e. The summed E-state index contributed by atoms with van der Waals surface area (Å²) in [6.07, 6.45) is 5.15. The number of pyridine rings is 2. The van der Waals surface area contributed by atoms with Gasteiger partial charge in [0.15, 0.2) is 11.5 Å². The van der Waals surface area contributed by atoms with E-state index in [0.717, 1.165) is 36.4 Å². The van der Waals surface area contributed by atoms with E-state index >= 15 is 0 Å². The van der Waals surface area contributed by atoms with Crippen molar-refractivity contribution in [1.82, 2.24) is 20.3 Å². The van der Waals surface area contributed by atoms with Crippen LogP contribution in [0.25, 0.3) is 33.4 Å². The molecule has 1 saturated carbocycles. The van der Waals surface area contributed by atoms with E-state index in [2.05, 4.69) is 21.3 Å². The van der Waals surface area contributed by atoms with Gasteiger partial charge in [0, 0.05) is 43.2 Å². The number of phenols is 1. The summed E-state index contributed by atoms with van der Waals surface area (Å²) in [5.41, 5.74) is 5.03. The van der Waals surface area contributed by atoms with Gasteiger partial charge in [-0.1, -0.05) is 6.42 Å². The first-order valence-electron chi connectivity index (χ1n) is 11.4. The molecule has 1 aromatic carbocycles. The van der Waals surface area contributed by atoms with Crippen LogP contribution in [0, 0.1) is 13.8 Å². The van der Waals surface area contributed by atoms with Gasteiger partial charge in [-0.15, -0.1) is 0 Å². The number of nitrogens with one attached hydrogen (secondary N) is 1. The van der Waals surface area contributed by atoms with Crippen LogP contribution in [0.2, 0.25) is 0 Å². The maximum absolute atomic E-state index is 10.8. The quantitative estimate of drug-likeness (QED) is 0.494. The zero-order chi connectivity index (χ0) is 21.8. The maximum Gasteiger partial charge on any atom is 0.192 e. The summed E-state index contributed by atoms with van der Waals surface area (Å²) in [5, 5.41) is 14.6. The van der Waals surface area contributed by atoms with E-state index in [1.54, 1.807) is 6.92 Å². The minimum atomic E-state index is 0.185. The molecule has 2 fully saturated rings. The number of rotatable bonds is 4. The van der Waals surface area contributed by atoms with Crippen molar-refractivity contribution in [1.29, 1.82) is 0 Å². The molecule has 6 rings (SSSR count). The summed E-state index contributed by atoms with van der Waals surface area (Å²) in [6, 6.07) is 11.0. The number of hydrogen-bond acceptors (Lipinski definition) is 7. The third-order valence-corrected chi connectivity index (χ3v) is 6.89. The van der Waals surface area contributed by atoms with Crippen molar-refractivity contribution in [2.45, 2.75) is 51.6 Å². The summed E-state index contributed by atoms with van der Waals surface area (Å²) >= 11 is 0. The van der Waals surface area contributed by atoms with E-state index < -0.39 is 0 Å². The number of oxazole rings is 1. The third-order valence-electron chi connectivity index (χ3n) is 6.89. The summed E-state index contributed by atoms with van der Waals surface area (Å²) < 4.78 is 5.70. The molecule has 0 bridgehead atoms. The standard InChI is InChI=1S/C25H27N5O2/c1-14-24-22(32-15(2)26-24)12-18(25(14)31)19-6-7-21-20(28-19)8-9-23(29-21)30-11-10-17(13-30)27-16-4-3-5-16/h6-9,12,16-17,27,31H,3-5,10-11,13H2,1-2H3/t17-/m1/s1. The van der Waals surface area contributed by atoms with Gasteiger partial charge in [-0.25, -0.2) is 15.0 Å². The van der Waals surface area contributed by atoms with Gasteiger partial charge in [-0.2, -0.15) is 0 Å². The second kappa shape index (κ2) is 7.45. The average molecular weight is 430 g/mol. The summed E-state index contributed by atoms with van der Waals surface area (Å²) in [7, 11) is 0. The molecule has 2 aliphatic rings. The number of phenolic OH excluding ortho intramolecular Hbond substituents is 1. The molecule has 1 aliphatic heterocycles. The Hall–Kier alpha value is -3.19. The lowest BCUT2D eigenvalue weighted by Crippen LogP contribution is -2.43. The Morgan fingerprint density at radius 2 is 1.81 bits per heavy atom. The smallest absolute Gasteiger partial charge is 0.192 e. The van der Waals surface area contributed by atoms with Gasteiger partial charge in [-0.05, 0) is 56.5 Å². The van der Waals surface area contributed by atoms with Crippen molar-refractivity contribution < 1.29 is 9.52 Å². The van der Waals surface area contributed by atoms with Gasteiger partial charge in [0.25, 0.3) is 0 Å². The fourth-order valence-electron chi connectivity index (χ4n) is 4.86. The Kier molecular flexibility index (Phi) is 4.54. The number of hydrogen-bond donors (Lipinski definition) is 2. The van der Waals surface area contributed by atoms with Crippen LogP contribution in [0.4, 0.5) is 5.82 Å². The Balaban J connectivity index is 1.29. The number of aromatic nitrogens is 3. The fourth-order valence-corrected chi connectivity index (χ4v) is 4.86. The second-order valence-electron chi connectivity index (χ2n) is 9.11. The lowest BCUT2D eigenvalue weighted by atomic mass is 9.92. The van der Waals surface area contributed by atoms with Crippen molar-refractivity contribution >= 4 is 28.0 Å². The van der Waals surface area contributed by atoms with Crippen LogP contribution < -0.4 is 10.2 Å². The molecule has 0 unspecified atom stereocenters. The van der Waals surface area contributed by atoms with Crippen molar-refractivity contribution in [2.75, 3.05) is 18.0 Å².